The van der Waals surface area contributed by atoms with Gasteiger partial charge in [0.25, 0.3) is 0 Å². The van der Waals surface area contributed by atoms with E-state index in [0.717, 1.165) is 18.5 Å². The van der Waals surface area contributed by atoms with E-state index < -0.39 is 6.61 Å². The lowest BCUT2D eigenvalue weighted by atomic mass is 9.80. The smallest absolute Gasteiger partial charge is 0.387 e. The van der Waals surface area contributed by atoms with Gasteiger partial charge >= 0.3 is 6.61 Å². The number of benzene rings is 1. The summed E-state index contributed by atoms with van der Waals surface area (Å²) in [6.45, 7) is 5.90. The average molecular weight is 357 g/mol. The molecule has 1 aliphatic heterocycles. The van der Waals surface area contributed by atoms with Crippen molar-refractivity contribution in [3.05, 3.63) is 24.3 Å². The zero-order valence-electron chi connectivity index (χ0n) is 14.5. The van der Waals surface area contributed by atoms with Crippen molar-refractivity contribution in [1.29, 1.82) is 0 Å². The molecule has 0 spiro atoms. The fourth-order valence-corrected chi connectivity index (χ4v) is 3.78. The predicted octanol–water partition coefficient (Wildman–Crippen LogP) is 3.88. The van der Waals surface area contributed by atoms with Gasteiger partial charge in [-0.25, -0.2) is 0 Å². The summed E-state index contributed by atoms with van der Waals surface area (Å²) >= 11 is 5.38. The molecular weight excluding hydrogens is 332 g/mol. The fourth-order valence-electron chi connectivity index (χ4n) is 3.50. The van der Waals surface area contributed by atoms with E-state index in [4.69, 9.17) is 12.2 Å². The molecule has 7 heteroatoms. The van der Waals surface area contributed by atoms with Crippen molar-refractivity contribution >= 4 is 23.0 Å². The van der Waals surface area contributed by atoms with Gasteiger partial charge in [-0.15, -0.1) is 0 Å². The standard InChI is InChI=1S/C17H25F2N3OS/c1-16(2)9-12(10-17(3,4)22-16)21-15(24)20-11-5-7-13(8-6-11)23-14(18)19/h5-8,12,14,22H,9-10H2,1-4H3,(H2,20,21,24). The minimum Gasteiger partial charge on any atom is -0.435 e. The lowest BCUT2D eigenvalue weighted by Crippen LogP contribution is -2.62. The third-order valence-electron chi connectivity index (χ3n) is 3.86. The highest BCUT2D eigenvalue weighted by Gasteiger charge is 2.37. The molecule has 0 atom stereocenters. The molecule has 0 aliphatic carbocycles. The van der Waals surface area contributed by atoms with E-state index in [9.17, 15) is 8.78 Å². The van der Waals surface area contributed by atoms with E-state index in [1.165, 1.54) is 12.1 Å². The lowest BCUT2D eigenvalue weighted by Gasteiger charge is -2.46. The van der Waals surface area contributed by atoms with Crippen molar-refractivity contribution in [2.24, 2.45) is 0 Å². The molecule has 1 aromatic rings. The van der Waals surface area contributed by atoms with Gasteiger partial charge in [0, 0.05) is 22.8 Å². The Labute approximate surface area is 147 Å². The summed E-state index contributed by atoms with van der Waals surface area (Å²) in [4.78, 5) is 0. The van der Waals surface area contributed by atoms with E-state index in [0.29, 0.717) is 5.11 Å². The number of alkyl halides is 2. The Balaban J connectivity index is 1.91. The van der Waals surface area contributed by atoms with Crippen molar-refractivity contribution in [2.75, 3.05) is 5.32 Å². The van der Waals surface area contributed by atoms with Gasteiger partial charge < -0.3 is 20.7 Å². The van der Waals surface area contributed by atoms with Crippen LogP contribution in [0.15, 0.2) is 24.3 Å². The van der Waals surface area contributed by atoms with E-state index in [2.05, 4.69) is 48.4 Å². The summed E-state index contributed by atoms with van der Waals surface area (Å²) in [6, 6.07) is 6.53. The summed E-state index contributed by atoms with van der Waals surface area (Å²) < 4.78 is 28.6. The average Bonchev–Trinajstić information content (AvgIpc) is 2.36. The first-order valence-electron chi connectivity index (χ1n) is 7.96. The Morgan fingerprint density at radius 2 is 1.71 bits per heavy atom. The number of hydrogen-bond acceptors (Lipinski definition) is 3. The number of piperidine rings is 1. The van der Waals surface area contributed by atoms with Crippen LogP contribution in [0.25, 0.3) is 0 Å². The first-order valence-corrected chi connectivity index (χ1v) is 8.37. The van der Waals surface area contributed by atoms with Crippen molar-refractivity contribution in [1.82, 2.24) is 10.6 Å². The molecule has 0 radical (unpaired) electrons. The van der Waals surface area contributed by atoms with Crippen LogP contribution in [0.4, 0.5) is 14.5 Å². The topological polar surface area (TPSA) is 45.3 Å². The summed E-state index contributed by atoms with van der Waals surface area (Å²) in [5.74, 6) is 0.122. The van der Waals surface area contributed by atoms with Crippen molar-refractivity contribution in [3.8, 4) is 5.75 Å². The quantitative estimate of drug-likeness (QED) is 0.714. The highest BCUT2D eigenvalue weighted by molar-refractivity contribution is 7.80. The van der Waals surface area contributed by atoms with Crippen LogP contribution in [0.1, 0.15) is 40.5 Å². The van der Waals surface area contributed by atoms with E-state index in [-0.39, 0.29) is 22.9 Å². The summed E-state index contributed by atoms with van der Waals surface area (Å²) in [7, 11) is 0. The Morgan fingerprint density at radius 1 is 1.17 bits per heavy atom. The molecule has 4 nitrogen and oxygen atoms in total. The second kappa shape index (κ2) is 7.19. The van der Waals surface area contributed by atoms with Gasteiger partial charge in [-0.3, -0.25) is 0 Å². The molecule has 1 aromatic carbocycles. The first-order chi connectivity index (χ1) is 11.0. The molecule has 0 amide bonds. The monoisotopic (exact) mass is 357 g/mol. The maximum Gasteiger partial charge on any atom is 0.387 e. The summed E-state index contributed by atoms with van der Waals surface area (Å²) in [5, 5.41) is 10.6. The van der Waals surface area contributed by atoms with E-state index in [1.807, 2.05) is 0 Å². The minimum atomic E-state index is -2.82. The lowest BCUT2D eigenvalue weighted by molar-refractivity contribution is -0.0498. The molecule has 2 rings (SSSR count). The predicted molar refractivity (Wildman–Crippen MR) is 96.7 cm³/mol. The van der Waals surface area contributed by atoms with E-state index >= 15 is 0 Å². The normalized spacial score (nSPS) is 19.8. The SMILES string of the molecule is CC1(C)CC(NC(=S)Nc2ccc(OC(F)F)cc2)CC(C)(C)N1. The molecular formula is C17H25F2N3OS. The molecule has 1 saturated heterocycles. The third kappa shape index (κ3) is 5.87. The van der Waals surface area contributed by atoms with Crippen molar-refractivity contribution in [3.63, 3.8) is 0 Å². The van der Waals surface area contributed by atoms with Crippen molar-refractivity contribution < 1.29 is 13.5 Å². The molecule has 1 fully saturated rings. The second-order valence-corrected chi connectivity index (χ2v) is 7.91. The third-order valence-corrected chi connectivity index (χ3v) is 4.08. The number of thiocarbonyl (C=S) groups is 1. The number of anilines is 1. The molecule has 1 aliphatic rings. The molecule has 0 bridgehead atoms. The molecule has 0 aromatic heterocycles. The molecule has 0 unspecified atom stereocenters. The van der Waals surface area contributed by atoms with Gasteiger partial charge in [0.15, 0.2) is 5.11 Å². The Bertz CT molecular complexity index is 560. The maximum atomic E-state index is 12.1. The molecule has 3 N–H and O–H groups in total. The largest absolute Gasteiger partial charge is 0.435 e. The molecule has 0 saturated carbocycles. The van der Waals surface area contributed by atoms with Crippen LogP contribution in [0.3, 0.4) is 0 Å². The molecule has 1 heterocycles. The van der Waals surface area contributed by atoms with Gasteiger partial charge in [0.1, 0.15) is 5.75 Å². The Hall–Kier alpha value is -1.47. The van der Waals surface area contributed by atoms with Crippen LogP contribution in [0.2, 0.25) is 0 Å². The molecule has 24 heavy (non-hydrogen) atoms. The molecule has 134 valence electrons. The van der Waals surface area contributed by atoms with Crippen LogP contribution in [0.5, 0.6) is 5.75 Å². The van der Waals surface area contributed by atoms with Gasteiger partial charge in [0.2, 0.25) is 0 Å². The van der Waals surface area contributed by atoms with Crippen molar-refractivity contribution in [2.45, 2.75) is 64.3 Å². The number of halogens is 2. The van der Waals surface area contributed by atoms with Gasteiger partial charge in [-0.2, -0.15) is 8.78 Å². The van der Waals surface area contributed by atoms with Gasteiger partial charge in [-0.05, 0) is 77.0 Å². The zero-order valence-corrected chi connectivity index (χ0v) is 15.3. The maximum absolute atomic E-state index is 12.1. The van der Waals surface area contributed by atoms with Gasteiger partial charge in [0.05, 0.1) is 0 Å². The zero-order chi connectivity index (χ0) is 18.0. The first kappa shape index (κ1) is 18.9. The van der Waals surface area contributed by atoms with Crippen LogP contribution in [0, 0.1) is 0 Å². The number of hydrogen-bond donors (Lipinski definition) is 3. The Morgan fingerprint density at radius 3 is 2.21 bits per heavy atom. The number of nitrogens with one attached hydrogen (secondary N) is 3. The number of rotatable bonds is 4. The van der Waals surface area contributed by atoms with Crippen LogP contribution >= 0.6 is 12.2 Å². The van der Waals surface area contributed by atoms with Crippen LogP contribution in [-0.2, 0) is 0 Å². The fraction of sp³-hybridized carbons (Fsp3) is 0.588. The van der Waals surface area contributed by atoms with Crippen LogP contribution < -0.4 is 20.7 Å². The number of ether oxygens (including phenoxy) is 1. The van der Waals surface area contributed by atoms with E-state index in [1.54, 1.807) is 12.1 Å². The Kier molecular flexibility index (Phi) is 5.65. The summed E-state index contributed by atoms with van der Waals surface area (Å²) in [6.07, 6.45) is 1.92. The van der Waals surface area contributed by atoms with Crippen LogP contribution in [-0.4, -0.2) is 28.8 Å². The minimum absolute atomic E-state index is 0.0310. The highest BCUT2D eigenvalue weighted by atomic mass is 32.1. The van der Waals surface area contributed by atoms with Gasteiger partial charge in [-0.1, -0.05) is 0 Å². The second-order valence-electron chi connectivity index (χ2n) is 7.50. The summed E-state index contributed by atoms with van der Waals surface area (Å²) in [5.41, 5.74) is 0.786. The highest BCUT2D eigenvalue weighted by Crippen LogP contribution is 2.28.